The van der Waals surface area contributed by atoms with E-state index in [2.05, 4.69) is 27.4 Å². The van der Waals surface area contributed by atoms with E-state index in [1.807, 2.05) is 6.07 Å². The van der Waals surface area contributed by atoms with Crippen LogP contribution in [0.2, 0.25) is 0 Å². The van der Waals surface area contributed by atoms with Crippen molar-refractivity contribution in [3.05, 3.63) is 18.0 Å². The van der Waals surface area contributed by atoms with Crippen LogP contribution in [0.25, 0.3) is 0 Å². The molecule has 1 aromatic heterocycles. The summed E-state index contributed by atoms with van der Waals surface area (Å²) in [4.78, 5) is 6.46. The maximum absolute atomic E-state index is 5.39. The SMILES string of the molecule is CN=C(NCc1ccon1)N(C)CCC1CCOCC1. The zero-order valence-electron chi connectivity index (χ0n) is 12.3. The van der Waals surface area contributed by atoms with E-state index in [0.717, 1.165) is 37.3 Å². The third-order valence-electron chi connectivity index (χ3n) is 3.71. The van der Waals surface area contributed by atoms with Gasteiger partial charge in [0.25, 0.3) is 0 Å². The second-order valence-corrected chi connectivity index (χ2v) is 5.16. The third-order valence-corrected chi connectivity index (χ3v) is 3.71. The molecule has 0 unspecified atom stereocenters. The molecule has 0 amide bonds. The highest BCUT2D eigenvalue weighted by Crippen LogP contribution is 2.18. The van der Waals surface area contributed by atoms with Crippen LogP contribution in [0.5, 0.6) is 0 Å². The van der Waals surface area contributed by atoms with E-state index >= 15 is 0 Å². The standard InChI is InChI=1S/C14H24N4O2/c1-15-14(16-11-13-6-10-20-17-13)18(2)7-3-12-4-8-19-9-5-12/h6,10,12H,3-5,7-9,11H2,1-2H3,(H,15,16). The monoisotopic (exact) mass is 280 g/mol. The summed E-state index contributed by atoms with van der Waals surface area (Å²) in [6, 6.07) is 1.85. The molecule has 0 radical (unpaired) electrons. The van der Waals surface area contributed by atoms with Crippen molar-refractivity contribution in [1.82, 2.24) is 15.4 Å². The van der Waals surface area contributed by atoms with E-state index in [9.17, 15) is 0 Å². The minimum atomic E-state index is 0.630. The quantitative estimate of drug-likeness (QED) is 0.654. The van der Waals surface area contributed by atoms with Crippen LogP contribution in [0, 0.1) is 5.92 Å². The highest BCUT2D eigenvalue weighted by Gasteiger charge is 2.15. The van der Waals surface area contributed by atoms with E-state index < -0.39 is 0 Å². The smallest absolute Gasteiger partial charge is 0.193 e. The highest BCUT2D eigenvalue weighted by molar-refractivity contribution is 5.79. The minimum absolute atomic E-state index is 0.630. The maximum Gasteiger partial charge on any atom is 0.193 e. The average molecular weight is 280 g/mol. The van der Waals surface area contributed by atoms with E-state index in [0.29, 0.717) is 6.54 Å². The Hall–Kier alpha value is -1.56. The lowest BCUT2D eigenvalue weighted by Crippen LogP contribution is -2.39. The molecule has 1 fully saturated rings. The number of ether oxygens (including phenoxy) is 1. The first kappa shape index (κ1) is 14.8. The predicted molar refractivity (Wildman–Crippen MR) is 77.5 cm³/mol. The van der Waals surface area contributed by atoms with Crippen molar-refractivity contribution in [3.8, 4) is 0 Å². The molecule has 2 heterocycles. The number of aromatic nitrogens is 1. The molecular weight excluding hydrogens is 256 g/mol. The molecule has 0 aromatic carbocycles. The van der Waals surface area contributed by atoms with E-state index in [-0.39, 0.29) is 0 Å². The third kappa shape index (κ3) is 4.52. The Bertz CT molecular complexity index is 399. The van der Waals surface area contributed by atoms with Crippen LogP contribution in [0.15, 0.2) is 21.8 Å². The van der Waals surface area contributed by atoms with Crippen molar-refractivity contribution in [2.45, 2.75) is 25.8 Å². The fourth-order valence-electron chi connectivity index (χ4n) is 2.40. The molecule has 0 spiro atoms. The summed E-state index contributed by atoms with van der Waals surface area (Å²) in [5, 5.41) is 7.16. The van der Waals surface area contributed by atoms with Crippen molar-refractivity contribution >= 4 is 5.96 Å². The van der Waals surface area contributed by atoms with Crippen LogP contribution in [0.3, 0.4) is 0 Å². The van der Waals surface area contributed by atoms with Gasteiger partial charge in [0.05, 0.1) is 6.54 Å². The largest absolute Gasteiger partial charge is 0.381 e. The van der Waals surface area contributed by atoms with Gasteiger partial charge in [0.1, 0.15) is 12.0 Å². The lowest BCUT2D eigenvalue weighted by Gasteiger charge is -2.26. The van der Waals surface area contributed by atoms with Gasteiger partial charge in [-0.25, -0.2) is 0 Å². The molecule has 1 N–H and O–H groups in total. The molecule has 20 heavy (non-hydrogen) atoms. The lowest BCUT2D eigenvalue weighted by molar-refractivity contribution is 0.0625. The average Bonchev–Trinajstić information content (AvgIpc) is 3.00. The van der Waals surface area contributed by atoms with Crippen LogP contribution in [-0.4, -0.2) is 49.9 Å². The zero-order chi connectivity index (χ0) is 14.2. The molecule has 6 heteroatoms. The summed E-state index contributed by atoms with van der Waals surface area (Å²) in [5.74, 6) is 1.67. The number of aliphatic imine (C=N–C) groups is 1. The van der Waals surface area contributed by atoms with Crippen molar-refractivity contribution in [2.24, 2.45) is 10.9 Å². The molecule has 1 aliphatic heterocycles. The van der Waals surface area contributed by atoms with Gasteiger partial charge in [-0.2, -0.15) is 0 Å². The Morgan fingerprint density at radius 3 is 2.95 bits per heavy atom. The number of nitrogens with zero attached hydrogens (tertiary/aromatic N) is 3. The Labute approximate surface area is 120 Å². The van der Waals surface area contributed by atoms with E-state index in [4.69, 9.17) is 9.26 Å². The highest BCUT2D eigenvalue weighted by atomic mass is 16.5. The van der Waals surface area contributed by atoms with Crippen molar-refractivity contribution in [1.29, 1.82) is 0 Å². The van der Waals surface area contributed by atoms with Gasteiger partial charge < -0.3 is 19.5 Å². The van der Waals surface area contributed by atoms with Gasteiger partial charge in [-0.15, -0.1) is 0 Å². The van der Waals surface area contributed by atoms with Gasteiger partial charge in [0.15, 0.2) is 5.96 Å². The number of hydrogen-bond acceptors (Lipinski definition) is 4. The summed E-state index contributed by atoms with van der Waals surface area (Å²) >= 11 is 0. The first-order valence-corrected chi connectivity index (χ1v) is 7.18. The molecule has 0 saturated carbocycles. The van der Waals surface area contributed by atoms with Crippen LogP contribution in [-0.2, 0) is 11.3 Å². The summed E-state index contributed by atoms with van der Waals surface area (Å²) < 4.78 is 10.2. The van der Waals surface area contributed by atoms with E-state index in [1.54, 1.807) is 13.3 Å². The molecular formula is C14H24N4O2. The number of guanidine groups is 1. The second-order valence-electron chi connectivity index (χ2n) is 5.16. The Morgan fingerprint density at radius 2 is 2.30 bits per heavy atom. The topological polar surface area (TPSA) is 62.9 Å². The molecule has 1 aliphatic rings. The summed E-state index contributed by atoms with van der Waals surface area (Å²) in [5.41, 5.74) is 0.879. The molecule has 2 rings (SSSR count). The molecule has 0 aliphatic carbocycles. The molecule has 1 aromatic rings. The Balaban J connectivity index is 1.72. The van der Waals surface area contributed by atoms with Crippen molar-refractivity contribution in [2.75, 3.05) is 33.9 Å². The van der Waals surface area contributed by atoms with E-state index in [1.165, 1.54) is 19.3 Å². The fourth-order valence-corrected chi connectivity index (χ4v) is 2.40. The first-order chi connectivity index (χ1) is 9.79. The zero-order valence-corrected chi connectivity index (χ0v) is 12.3. The van der Waals surface area contributed by atoms with Gasteiger partial charge in [-0.05, 0) is 25.2 Å². The maximum atomic E-state index is 5.39. The van der Waals surface area contributed by atoms with Crippen LogP contribution < -0.4 is 5.32 Å². The van der Waals surface area contributed by atoms with Gasteiger partial charge in [0, 0.05) is 39.9 Å². The molecule has 0 bridgehead atoms. The Morgan fingerprint density at radius 1 is 1.50 bits per heavy atom. The molecule has 0 atom stereocenters. The lowest BCUT2D eigenvalue weighted by atomic mass is 9.96. The fraction of sp³-hybridized carbons (Fsp3) is 0.714. The van der Waals surface area contributed by atoms with Gasteiger partial charge in [-0.1, -0.05) is 5.16 Å². The number of nitrogens with one attached hydrogen (secondary N) is 1. The summed E-state index contributed by atoms with van der Waals surface area (Å²) in [7, 11) is 3.87. The van der Waals surface area contributed by atoms with Crippen LogP contribution in [0.1, 0.15) is 25.0 Å². The van der Waals surface area contributed by atoms with Crippen LogP contribution >= 0.6 is 0 Å². The van der Waals surface area contributed by atoms with Gasteiger partial charge >= 0.3 is 0 Å². The van der Waals surface area contributed by atoms with Gasteiger partial charge in [0.2, 0.25) is 0 Å². The first-order valence-electron chi connectivity index (χ1n) is 7.18. The minimum Gasteiger partial charge on any atom is -0.381 e. The molecule has 1 saturated heterocycles. The van der Waals surface area contributed by atoms with Crippen LogP contribution in [0.4, 0.5) is 0 Å². The second kappa shape index (κ2) is 7.89. The molecule has 6 nitrogen and oxygen atoms in total. The van der Waals surface area contributed by atoms with Crippen molar-refractivity contribution in [3.63, 3.8) is 0 Å². The predicted octanol–water partition coefficient (Wildman–Crippen LogP) is 1.50. The normalized spacial score (nSPS) is 17.2. The summed E-state index contributed by atoms with van der Waals surface area (Å²) in [6.07, 6.45) is 5.12. The van der Waals surface area contributed by atoms with Crippen molar-refractivity contribution < 1.29 is 9.26 Å². The number of rotatable bonds is 5. The molecule has 112 valence electrons. The number of hydrogen-bond donors (Lipinski definition) is 1. The van der Waals surface area contributed by atoms with Gasteiger partial charge in [-0.3, -0.25) is 4.99 Å². The Kier molecular flexibility index (Phi) is 5.86. The summed E-state index contributed by atoms with van der Waals surface area (Å²) in [6.45, 7) is 3.45.